The molecule has 1 fully saturated rings. The Hall–Kier alpha value is -1.06. The van der Waals surface area contributed by atoms with E-state index in [2.05, 4.69) is 0 Å². The molecule has 1 amide bonds. The predicted octanol–water partition coefficient (Wildman–Crippen LogP) is 1.11. The van der Waals surface area contributed by atoms with E-state index < -0.39 is 11.9 Å². The number of rotatable bonds is 3. The SMILES string of the molecule is CCC(C)(C)N1C[C@H](C(=O)O)CC1=O. The van der Waals surface area contributed by atoms with Gasteiger partial charge in [0.25, 0.3) is 0 Å². The third-order valence-corrected chi connectivity index (χ3v) is 3.07. The van der Waals surface area contributed by atoms with Gasteiger partial charge in [-0.25, -0.2) is 0 Å². The van der Waals surface area contributed by atoms with Crippen LogP contribution in [0.25, 0.3) is 0 Å². The fraction of sp³-hybridized carbons (Fsp3) is 0.800. The van der Waals surface area contributed by atoms with Crippen molar-refractivity contribution in [3.8, 4) is 0 Å². The monoisotopic (exact) mass is 199 g/mol. The van der Waals surface area contributed by atoms with E-state index in [0.717, 1.165) is 6.42 Å². The Morgan fingerprint density at radius 1 is 1.64 bits per heavy atom. The van der Waals surface area contributed by atoms with Crippen molar-refractivity contribution in [1.82, 2.24) is 4.90 Å². The molecule has 1 aliphatic heterocycles. The van der Waals surface area contributed by atoms with Crippen molar-refractivity contribution in [2.75, 3.05) is 6.54 Å². The number of carboxylic acid groups (broad SMARTS) is 1. The van der Waals surface area contributed by atoms with Gasteiger partial charge in [0.2, 0.25) is 5.91 Å². The summed E-state index contributed by atoms with van der Waals surface area (Å²) in [6.45, 7) is 6.29. The molecular formula is C10H17NO3. The van der Waals surface area contributed by atoms with Crippen molar-refractivity contribution in [3.63, 3.8) is 0 Å². The first-order valence-electron chi connectivity index (χ1n) is 4.91. The van der Waals surface area contributed by atoms with Crippen molar-refractivity contribution >= 4 is 11.9 Å². The molecule has 1 saturated heterocycles. The van der Waals surface area contributed by atoms with Gasteiger partial charge in [-0.1, -0.05) is 6.92 Å². The van der Waals surface area contributed by atoms with Crippen molar-refractivity contribution in [3.05, 3.63) is 0 Å². The van der Waals surface area contributed by atoms with E-state index in [9.17, 15) is 9.59 Å². The molecule has 0 spiro atoms. The highest BCUT2D eigenvalue weighted by molar-refractivity contribution is 5.86. The van der Waals surface area contributed by atoms with Crippen LogP contribution in [0.4, 0.5) is 0 Å². The number of carbonyl (C=O) groups is 2. The van der Waals surface area contributed by atoms with Crippen molar-refractivity contribution in [1.29, 1.82) is 0 Å². The number of hydrogen-bond donors (Lipinski definition) is 1. The number of carbonyl (C=O) groups excluding carboxylic acids is 1. The van der Waals surface area contributed by atoms with Crippen LogP contribution < -0.4 is 0 Å². The van der Waals surface area contributed by atoms with E-state index in [0.29, 0.717) is 6.54 Å². The van der Waals surface area contributed by atoms with E-state index in [1.165, 1.54) is 0 Å². The molecule has 0 saturated carbocycles. The first-order chi connectivity index (χ1) is 6.38. The second-order valence-electron chi connectivity index (χ2n) is 4.41. The second-order valence-corrected chi connectivity index (χ2v) is 4.41. The van der Waals surface area contributed by atoms with Gasteiger partial charge in [-0.3, -0.25) is 9.59 Å². The zero-order chi connectivity index (χ0) is 10.9. The Kier molecular flexibility index (Phi) is 2.83. The minimum Gasteiger partial charge on any atom is -0.481 e. The van der Waals surface area contributed by atoms with Crippen LogP contribution >= 0.6 is 0 Å². The smallest absolute Gasteiger partial charge is 0.308 e. The minimum atomic E-state index is -0.868. The lowest BCUT2D eigenvalue weighted by atomic mass is 10.00. The van der Waals surface area contributed by atoms with Crippen molar-refractivity contribution in [2.45, 2.75) is 39.2 Å². The standard InChI is InChI=1S/C10H17NO3/c1-4-10(2,3)11-6-7(9(13)14)5-8(11)12/h7H,4-6H2,1-3H3,(H,13,14)/t7-/m1/s1. The lowest BCUT2D eigenvalue weighted by molar-refractivity contribution is -0.141. The molecule has 0 aromatic rings. The highest BCUT2D eigenvalue weighted by Gasteiger charge is 2.40. The predicted molar refractivity (Wildman–Crippen MR) is 51.8 cm³/mol. The molecule has 1 atom stereocenters. The molecule has 14 heavy (non-hydrogen) atoms. The Bertz CT molecular complexity index is 260. The van der Waals surface area contributed by atoms with Crippen LogP contribution in [0.5, 0.6) is 0 Å². The van der Waals surface area contributed by atoms with Crippen molar-refractivity contribution < 1.29 is 14.7 Å². The number of amides is 1. The largest absolute Gasteiger partial charge is 0.481 e. The average Bonchev–Trinajstić information content (AvgIpc) is 2.48. The Morgan fingerprint density at radius 2 is 2.21 bits per heavy atom. The van der Waals surface area contributed by atoms with E-state index in [1.807, 2.05) is 20.8 Å². The van der Waals surface area contributed by atoms with Crippen LogP contribution in [0, 0.1) is 5.92 Å². The third kappa shape index (κ3) is 1.89. The summed E-state index contributed by atoms with van der Waals surface area (Å²) in [5, 5.41) is 8.81. The average molecular weight is 199 g/mol. The first-order valence-corrected chi connectivity index (χ1v) is 4.91. The number of carboxylic acids is 1. The molecule has 0 aromatic carbocycles. The number of likely N-dealkylation sites (tertiary alicyclic amines) is 1. The molecule has 0 aromatic heterocycles. The number of aliphatic carboxylic acids is 1. The van der Waals surface area contributed by atoms with E-state index in [1.54, 1.807) is 4.90 Å². The molecule has 0 radical (unpaired) electrons. The van der Waals surface area contributed by atoms with Crippen LogP contribution in [-0.4, -0.2) is 34.0 Å². The third-order valence-electron chi connectivity index (χ3n) is 3.07. The zero-order valence-corrected chi connectivity index (χ0v) is 8.91. The maximum atomic E-state index is 11.6. The topological polar surface area (TPSA) is 57.6 Å². The molecule has 1 heterocycles. The van der Waals surface area contributed by atoms with Gasteiger partial charge in [0.05, 0.1) is 5.92 Å². The Morgan fingerprint density at radius 3 is 2.57 bits per heavy atom. The van der Waals surface area contributed by atoms with Crippen LogP contribution in [0.2, 0.25) is 0 Å². The molecule has 4 heteroatoms. The summed E-state index contributed by atoms with van der Waals surface area (Å²) in [7, 11) is 0. The van der Waals surface area contributed by atoms with Gasteiger partial charge in [-0.15, -0.1) is 0 Å². The summed E-state index contributed by atoms with van der Waals surface area (Å²) in [4.78, 5) is 24.0. The summed E-state index contributed by atoms with van der Waals surface area (Å²) in [6, 6.07) is 0. The van der Waals surface area contributed by atoms with Crippen molar-refractivity contribution in [2.24, 2.45) is 5.92 Å². The van der Waals surface area contributed by atoms with E-state index in [-0.39, 0.29) is 17.9 Å². The van der Waals surface area contributed by atoms with E-state index in [4.69, 9.17) is 5.11 Å². The van der Waals surface area contributed by atoms with Gasteiger partial charge in [0.15, 0.2) is 0 Å². The molecule has 80 valence electrons. The number of nitrogens with zero attached hydrogens (tertiary/aromatic N) is 1. The van der Waals surface area contributed by atoms with Gasteiger partial charge in [-0.05, 0) is 20.3 Å². The van der Waals surface area contributed by atoms with Gasteiger partial charge in [-0.2, -0.15) is 0 Å². The van der Waals surface area contributed by atoms with Crippen LogP contribution in [0.3, 0.4) is 0 Å². The van der Waals surface area contributed by atoms with Crippen LogP contribution in [0.15, 0.2) is 0 Å². The van der Waals surface area contributed by atoms with E-state index >= 15 is 0 Å². The van der Waals surface area contributed by atoms with Gasteiger partial charge >= 0.3 is 5.97 Å². The highest BCUT2D eigenvalue weighted by Crippen LogP contribution is 2.28. The number of hydrogen-bond acceptors (Lipinski definition) is 2. The molecule has 4 nitrogen and oxygen atoms in total. The van der Waals surface area contributed by atoms with Gasteiger partial charge in [0, 0.05) is 18.5 Å². The summed E-state index contributed by atoms with van der Waals surface area (Å²) < 4.78 is 0. The fourth-order valence-corrected chi connectivity index (χ4v) is 1.65. The Balaban J connectivity index is 2.75. The molecule has 0 unspecified atom stereocenters. The molecule has 0 aliphatic carbocycles. The van der Waals surface area contributed by atoms with Gasteiger partial charge in [0.1, 0.15) is 0 Å². The fourth-order valence-electron chi connectivity index (χ4n) is 1.65. The summed E-state index contributed by atoms with van der Waals surface area (Å²) in [5.74, 6) is -1.43. The summed E-state index contributed by atoms with van der Waals surface area (Å²) in [6.07, 6.45) is 0.990. The lowest BCUT2D eigenvalue weighted by Crippen LogP contribution is -2.44. The van der Waals surface area contributed by atoms with Gasteiger partial charge < -0.3 is 10.0 Å². The molecule has 1 N–H and O–H groups in total. The summed E-state index contributed by atoms with van der Waals surface area (Å²) in [5.41, 5.74) is -0.221. The molecule has 0 bridgehead atoms. The van der Waals surface area contributed by atoms with Crippen LogP contribution in [-0.2, 0) is 9.59 Å². The Labute approximate surface area is 83.9 Å². The lowest BCUT2D eigenvalue weighted by Gasteiger charge is -2.34. The maximum absolute atomic E-state index is 11.6. The minimum absolute atomic E-state index is 0.0377. The quantitative estimate of drug-likeness (QED) is 0.740. The maximum Gasteiger partial charge on any atom is 0.308 e. The molecule has 1 aliphatic rings. The van der Waals surface area contributed by atoms with Crippen LogP contribution in [0.1, 0.15) is 33.6 Å². The highest BCUT2D eigenvalue weighted by atomic mass is 16.4. The zero-order valence-electron chi connectivity index (χ0n) is 8.91. The first kappa shape index (κ1) is 11.0. The molecule has 1 rings (SSSR count). The second kappa shape index (κ2) is 3.59. The normalized spacial score (nSPS) is 22.9. The molecular weight excluding hydrogens is 182 g/mol. The summed E-state index contributed by atoms with van der Waals surface area (Å²) >= 11 is 0.